The molecular weight excluding hydrogens is 294 g/mol. The molecule has 0 aliphatic rings. The summed E-state index contributed by atoms with van der Waals surface area (Å²) in [7, 11) is 1.02. The average Bonchev–Trinajstić information content (AvgIpc) is 2.49. The predicted molar refractivity (Wildman–Crippen MR) is 77.6 cm³/mol. The van der Waals surface area contributed by atoms with E-state index in [0.29, 0.717) is 6.04 Å². The van der Waals surface area contributed by atoms with Crippen LogP contribution < -0.4 is 5.32 Å². The van der Waals surface area contributed by atoms with Crippen LogP contribution in [0, 0.1) is 0 Å². The number of hydrogen-bond acceptors (Lipinski definition) is 7. The van der Waals surface area contributed by atoms with E-state index >= 15 is 0 Å². The van der Waals surface area contributed by atoms with E-state index in [4.69, 9.17) is 13.7 Å². The third kappa shape index (κ3) is 7.11. The molecule has 0 aliphatic carbocycles. The molecule has 0 heterocycles. The second-order valence-corrected chi connectivity index (χ2v) is 6.56. The predicted octanol–water partition coefficient (Wildman–Crippen LogP) is 1.84. The first-order valence-electron chi connectivity index (χ1n) is 6.66. The van der Waals surface area contributed by atoms with Gasteiger partial charge in [-0.25, -0.2) is 28.4 Å². The largest absolute Gasteiger partial charge is 0.584 e. The van der Waals surface area contributed by atoms with E-state index in [-0.39, 0.29) is 0 Å². The molecule has 0 saturated heterocycles. The van der Waals surface area contributed by atoms with Crippen molar-refractivity contribution < 1.29 is 28.4 Å². The molecule has 0 spiro atoms. The highest BCUT2D eigenvalue weighted by atomic mass is 28.4. The molecule has 7 nitrogen and oxygen atoms in total. The van der Waals surface area contributed by atoms with Crippen LogP contribution in [-0.4, -0.2) is 36.7 Å². The molecule has 1 N–H and O–H groups in total. The Labute approximate surface area is 126 Å². The van der Waals surface area contributed by atoms with Crippen molar-refractivity contribution in [3.8, 4) is 0 Å². The highest BCUT2D eigenvalue weighted by Crippen LogP contribution is 2.18. The second-order valence-electron chi connectivity index (χ2n) is 4.20. The highest BCUT2D eigenvalue weighted by Gasteiger charge is 2.46. The van der Waals surface area contributed by atoms with E-state index < -0.39 is 8.80 Å². The van der Waals surface area contributed by atoms with Crippen LogP contribution in [0.4, 0.5) is 0 Å². The van der Waals surface area contributed by atoms with Crippen molar-refractivity contribution in [2.45, 2.75) is 19.0 Å². The molecule has 0 atom stereocenters. The zero-order chi connectivity index (χ0) is 15.4. The summed E-state index contributed by atoms with van der Waals surface area (Å²) in [5.74, 6) is 0. The Bertz CT molecular complexity index is 350. The lowest BCUT2D eigenvalue weighted by atomic mass is 10.2. The van der Waals surface area contributed by atoms with Crippen molar-refractivity contribution in [3.05, 3.63) is 35.9 Å². The van der Waals surface area contributed by atoms with E-state index in [0.717, 1.165) is 19.5 Å². The van der Waals surface area contributed by atoms with Gasteiger partial charge in [0, 0.05) is 12.6 Å². The Morgan fingerprint density at radius 1 is 0.905 bits per heavy atom. The maximum absolute atomic E-state index is 5.09. The summed E-state index contributed by atoms with van der Waals surface area (Å²) in [5, 5.41) is 3.33. The minimum absolute atomic E-state index is 0.490. The van der Waals surface area contributed by atoms with Crippen LogP contribution >= 0.6 is 0 Å². The van der Waals surface area contributed by atoms with Gasteiger partial charge in [0.15, 0.2) is 0 Å². The van der Waals surface area contributed by atoms with Crippen LogP contribution in [0.5, 0.6) is 0 Å². The Morgan fingerprint density at radius 2 is 1.48 bits per heavy atom. The fraction of sp³-hybridized carbons (Fsp3) is 0.538. The normalized spacial score (nSPS) is 11.8. The fourth-order valence-electron chi connectivity index (χ4n) is 1.81. The molecular formula is C13H23NO6Si. The Morgan fingerprint density at radius 3 is 2.00 bits per heavy atom. The Kier molecular flexibility index (Phi) is 9.38. The van der Waals surface area contributed by atoms with Gasteiger partial charge in [-0.2, -0.15) is 0 Å². The highest BCUT2D eigenvalue weighted by molar-refractivity contribution is 6.59. The molecule has 1 rings (SSSR count). The molecule has 0 aliphatic heterocycles. The van der Waals surface area contributed by atoms with Gasteiger partial charge in [-0.3, -0.25) is 0 Å². The van der Waals surface area contributed by atoms with Crippen LogP contribution in [0.1, 0.15) is 12.0 Å². The van der Waals surface area contributed by atoms with Crippen LogP contribution in [0.25, 0.3) is 0 Å². The first kappa shape index (κ1) is 18.2. The molecule has 0 saturated carbocycles. The third-order valence-electron chi connectivity index (χ3n) is 2.64. The standard InChI is InChI=1S/C13H23NO6Si/c1-15-18-21(19-16-2,20-17-3)11-7-10-14-12-13-8-5-4-6-9-13/h4-6,8-9,14H,7,10-12H2,1-3H3. The van der Waals surface area contributed by atoms with Gasteiger partial charge in [-0.05, 0) is 18.5 Å². The smallest absolute Gasteiger partial charge is 0.313 e. The molecule has 1 aromatic carbocycles. The minimum atomic E-state index is -3.13. The van der Waals surface area contributed by atoms with E-state index in [1.165, 1.54) is 26.9 Å². The van der Waals surface area contributed by atoms with E-state index in [2.05, 4.69) is 32.1 Å². The monoisotopic (exact) mass is 317 g/mol. The van der Waals surface area contributed by atoms with Gasteiger partial charge in [-0.1, -0.05) is 30.3 Å². The summed E-state index contributed by atoms with van der Waals surface area (Å²) < 4.78 is 15.3. The van der Waals surface area contributed by atoms with E-state index in [1.807, 2.05) is 18.2 Å². The van der Waals surface area contributed by atoms with Gasteiger partial charge in [0.05, 0.1) is 21.3 Å². The maximum atomic E-state index is 5.09. The van der Waals surface area contributed by atoms with Gasteiger partial charge in [-0.15, -0.1) is 0 Å². The van der Waals surface area contributed by atoms with Crippen LogP contribution in [0.3, 0.4) is 0 Å². The summed E-state index contributed by atoms with van der Waals surface area (Å²) in [4.78, 5) is 14.0. The quantitative estimate of drug-likeness (QED) is 0.273. The van der Waals surface area contributed by atoms with Crippen molar-refractivity contribution in [3.63, 3.8) is 0 Å². The number of rotatable bonds is 12. The first-order chi connectivity index (χ1) is 10.3. The van der Waals surface area contributed by atoms with Crippen molar-refractivity contribution in [2.75, 3.05) is 27.9 Å². The second kappa shape index (κ2) is 10.8. The SMILES string of the molecule is COO[Si](CCCNCc1ccccc1)(OOC)OOC. The zero-order valence-electron chi connectivity index (χ0n) is 12.7. The van der Waals surface area contributed by atoms with Crippen LogP contribution in [-0.2, 0) is 34.9 Å². The molecule has 8 heteroatoms. The lowest BCUT2D eigenvalue weighted by Crippen LogP contribution is -2.45. The number of hydrogen-bond donors (Lipinski definition) is 1. The summed E-state index contributed by atoms with van der Waals surface area (Å²) in [6, 6.07) is 10.7. The molecule has 21 heavy (non-hydrogen) atoms. The molecule has 1 aromatic rings. The van der Waals surface area contributed by atoms with Crippen LogP contribution in [0.2, 0.25) is 6.04 Å². The van der Waals surface area contributed by atoms with Crippen LogP contribution in [0.15, 0.2) is 30.3 Å². The van der Waals surface area contributed by atoms with Gasteiger partial charge in [0.25, 0.3) is 0 Å². The lowest BCUT2D eigenvalue weighted by Gasteiger charge is -2.23. The van der Waals surface area contributed by atoms with Crippen molar-refractivity contribution in [1.82, 2.24) is 5.32 Å². The Balaban J connectivity index is 2.31. The molecule has 0 unspecified atom stereocenters. The lowest BCUT2D eigenvalue weighted by molar-refractivity contribution is -0.343. The third-order valence-corrected chi connectivity index (χ3v) is 4.87. The topological polar surface area (TPSA) is 67.4 Å². The molecule has 0 amide bonds. The molecule has 0 bridgehead atoms. The van der Waals surface area contributed by atoms with Gasteiger partial charge in [0.2, 0.25) is 0 Å². The van der Waals surface area contributed by atoms with E-state index in [1.54, 1.807) is 0 Å². The van der Waals surface area contributed by atoms with Crippen molar-refractivity contribution >= 4 is 8.80 Å². The van der Waals surface area contributed by atoms with Crippen molar-refractivity contribution in [2.24, 2.45) is 0 Å². The minimum Gasteiger partial charge on any atom is -0.313 e. The summed E-state index contributed by atoms with van der Waals surface area (Å²) in [5.41, 5.74) is 1.23. The maximum Gasteiger partial charge on any atom is 0.584 e. The van der Waals surface area contributed by atoms with Gasteiger partial charge < -0.3 is 5.32 Å². The first-order valence-corrected chi connectivity index (χ1v) is 8.59. The summed E-state index contributed by atoms with van der Waals surface area (Å²) in [6.07, 6.45) is 0.759. The fourth-order valence-corrected chi connectivity index (χ4v) is 3.51. The Hall–Kier alpha value is -0.843. The van der Waals surface area contributed by atoms with Crippen molar-refractivity contribution in [1.29, 1.82) is 0 Å². The molecule has 120 valence electrons. The molecule has 0 aromatic heterocycles. The number of nitrogens with one attached hydrogen (secondary N) is 1. The molecule has 0 fully saturated rings. The average molecular weight is 317 g/mol. The molecule has 0 radical (unpaired) electrons. The summed E-state index contributed by atoms with van der Waals surface area (Å²) in [6.45, 7) is 1.58. The van der Waals surface area contributed by atoms with Gasteiger partial charge in [0.1, 0.15) is 0 Å². The zero-order valence-corrected chi connectivity index (χ0v) is 13.7. The number of benzene rings is 1. The van der Waals surface area contributed by atoms with Gasteiger partial charge >= 0.3 is 8.80 Å². The van der Waals surface area contributed by atoms with E-state index in [9.17, 15) is 0 Å². The summed E-state index contributed by atoms with van der Waals surface area (Å²) >= 11 is 0.